The summed E-state index contributed by atoms with van der Waals surface area (Å²) in [5.74, 6) is 0.786. The van der Waals surface area contributed by atoms with Crippen molar-refractivity contribution in [2.45, 2.75) is 6.92 Å². The molecule has 0 saturated carbocycles. The highest BCUT2D eigenvalue weighted by Gasteiger charge is 2.15. The molecule has 0 fully saturated rings. The lowest BCUT2D eigenvalue weighted by Gasteiger charge is -2.08. The van der Waals surface area contributed by atoms with E-state index in [1.54, 1.807) is 24.0 Å². The van der Waals surface area contributed by atoms with Crippen molar-refractivity contribution in [3.05, 3.63) is 64.7 Å². The van der Waals surface area contributed by atoms with Crippen molar-refractivity contribution in [3.63, 3.8) is 0 Å². The molecule has 0 aliphatic carbocycles. The van der Waals surface area contributed by atoms with E-state index in [0.717, 1.165) is 28.3 Å². The summed E-state index contributed by atoms with van der Waals surface area (Å²) in [5, 5.41) is 8.62. The minimum atomic E-state index is 0.140. The van der Waals surface area contributed by atoms with Gasteiger partial charge < -0.3 is 9.26 Å². The number of benzene rings is 2. The number of hydrogen-bond donors (Lipinski definition) is 1. The van der Waals surface area contributed by atoms with Gasteiger partial charge in [0.25, 0.3) is 0 Å². The quantitative estimate of drug-likeness (QED) is 0.788. The lowest BCUT2D eigenvalue weighted by atomic mass is 10.1. The molecule has 0 saturated heterocycles. The maximum absolute atomic E-state index is 7.96. The maximum Gasteiger partial charge on any atom is 0.244 e. The summed E-state index contributed by atoms with van der Waals surface area (Å²) in [7, 11) is 1.63. The van der Waals surface area contributed by atoms with Crippen LogP contribution in [0.15, 0.2) is 53.1 Å². The molecule has 4 nitrogen and oxygen atoms in total. The largest absolute Gasteiger partial charge is 0.497 e. The Balaban J connectivity index is 2.17. The normalized spacial score (nSPS) is 10.7. The SMILES string of the molecule is COc1ccc(-c2c(C)c(=N)on2-c2ccc(Cl)cc2)cc1. The average Bonchev–Trinajstić information content (AvgIpc) is 2.84. The molecule has 0 bridgehead atoms. The van der Waals surface area contributed by atoms with Crippen LogP contribution in [0.25, 0.3) is 16.9 Å². The second-order valence-electron chi connectivity index (χ2n) is 4.89. The van der Waals surface area contributed by atoms with Crippen LogP contribution >= 0.6 is 11.6 Å². The minimum absolute atomic E-state index is 0.140. The number of halogens is 1. The summed E-state index contributed by atoms with van der Waals surface area (Å²) in [4.78, 5) is 0. The summed E-state index contributed by atoms with van der Waals surface area (Å²) in [5.41, 5.74) is 3.53. The average molecular weight is 315 g/mol. The fraction of sp³-hybridized carbons (Fsp3) is 0.118. The van der Waals surface area contributed by atoms with Crippen LogP contribution in [0, 0.1) is 12.3 Å². The zero-order valence-corrected chi connectivity index (χ0v) is 13.0. The van der Waals surface area contributed by atoms with Crippen LogP contribution in [0.3, 0.4) is 0 Å². The molecule has 0 amide bonds. The molecular weight excluding hydrogens is 300 g/mol. The van der Waals surface area contributed by atoms with Crippen LogP contribution in [-0.2, 0) is 0 Å². The molecule has 0 unspecified atom stereocenters. The summed E-state index contributed by atoms with van der Waals surface area (Å²) >= 11 is 5.93. The van der Waals surface area contributed by atoms with Gasteiger partial charge in [-0.1, -0.05) is 11.6 Å². The second-order valence-corrected chi connectivity index (χ2v) is 5.33. The molecule has 2 aromatic carbocycles. The van der Waals surface area contributed by atoms with E-state index in [9.17, 15) is 0 Å². The van der Waals surface area contributed by atoms with E-state index in [1.165, 1.54) is 0 Å². The molecule has 5 heteroatoms. The van der Waals surface area contributed by atoms with Gasteiger partial charge in [-0.3, -0.25) is 5.41 Å². The smallest absolute Gasteiger partial charge is 0.244 e. The Morgan fingerprint density at radius 3 is 2.27 bits per heavy atom. The Kier molecular flexibility index (Phi) is 3.77. The zero-order valence-electron chi connectivity index (χ0n) is 12.3. The number of methoxy groups -OCH3 is 1. The van der Waals surface area contributed by atoms with E-state index in [2.05, 4.69) is 0 Å². The lowest BCUT2D eigenvalue weighted by molar-refractivity contribution is 0.313. The predicted octanol–water partition coefficient (Wildman–Crippen LogP) is 4.19. The zero-order chi connectivity index (χ0) is 15.7. The first-order valence-corrected chi connectivity index (χ1v) is 7.16. The van der Waals surface area contributed by atoms with Crippen molar-refractivity contribution in [2.24, 2.45) is 0 Å². The van der Waals surface area contributed by atoms with Gasteiger partial charge in [0.15, 0.2) is 0 Å². The molecule has 1 N–H and O–H groups in total. The van der Waals surface area contributed by atoms with Crippen molar-refractivity contribution >= 4 is 11.6 Å². The van der Waals surface area contributed by atoms with Gasteiger partial charge in [0.2, 0.25) is 5.55 Å². The van der Waals surface area contributed by atoms with Gasteiger partial charge in [-0.05, 0) is 55.5 Å². The lowest BCUT2D eigenvalue weighted by Crippen LogP contribution is -1.96. The Bertz CT molecular complexity index is 846. The van der Waals surface area contributed by atoms with Crippen molar-refractivity contribution < 1.29 is 9.26 Å². The second kappa shape index (κ2) is 5.73. The van der Waals surface area contributed by atoms with Gasteiger partial charge in [-0.25, -0.2) is 0 Å². The van der Waals surface area contributed by atoms with Crippen molar-refractivity contribution in [1.29, 1.82) is 5.41 Å². The molecule has 0 atom stereocenters. The van der Waals surface area contributed by atoms with Gasteiger partial charge in [0, 0.05) is 16.1 Å². The predicted molar refractivity (Wildman–Crippen MR) is 85.6 cm³/mol. The van der Waals surface area contributed by atoms with Gasteiger partial charge in [-0.15, -0.1) is 0 Å². The molecule has 112 valence electrons. The third-order valence-corrected chi connectivity index (χ3v) is 3.76. The number of hydrogen-bond acceptors (Lipinski definition) is 3. The van der Waals surface area contributed by atoms with Crippen molar-refractivity contribution in [2.75, 3.05) is 7.11 Å². The van der Waals surface area contributed by atoms with Gasteiger partial charge >= 0.3 is 0 Å². The van der Waals surface area contributed by atoms with Crippen LogP contribution in [0.4, 0.5) is 0 Å². The highest BCUT2D eigenvalue weighted by atomic mass is 35.5. The molecule has 1 aromatic heterocycles. The Morgan fingerprint density at radius 2 is 1.68 bits per heavy atom. The number of rotatable bonds is 3. The Labute approximate surface area is 133 Å². The number of nitrogens with one attached hydrogen (secondary N) is 1. The molecule has 0 radical (unpaired) electrons. The van der Waals surface area contributed by atoms with E-state index in [-0.39, 0.29) is 5.55 Å². The molecule has 0 aliphatic heterocycles. The van der Waals surface area contributed by atoms with E-state index < -0.39 is 0 Å². The number of nitrogens with zero attached hydrogens (tertiary/aromatic N) is 1. The standard InChI is InChI=1S/C17H15ClN2O2/c1-11-16(12-3-9-15(21-2)10-4-12)20(22-17(11)19)14-7-5-13(18)6-8-14/h3-10,19H,1-2H3. The number of aromatic nitrogens is 1. The van der Waals surface area contributed by atoms with Crippen LogP contribution in [-0.4, -0.2) is 11.8 Å². The topological polar surface area (TPSA) is 51.1 Å². The third-order valence-electron chi connectivity index (χ3n) is 3.51. The summed E-state index contributed by atoms with van der Waals surface area (Å²) < 4.78 is 12.4. The molecule has 3 rings (SSSR count). The van der Waals surface area contributed by atoms with Crippen molar-refractivity contribution in [3.8, 4) is 22.7 Å². The summed E-state index contributed by atoms with van der Waals surface area (Å²) in [6.07, 6.45) is 0. The highest BCUT2D eigenvalue weighted by molar-refractivity contribution is 6.30. The van der Waals surface area contributed by atoms with Gasteiger partial charge in [0.1, 0.15) is 5.75 Å². The Hall–Kier alpha value is -2.46. The first kappa shape index (κ1) is 14.5. The molecule has 1 heterocycles. The van der Waals surface area contributed by atoms with E-state index in [1.807, 2.05) is 43.3 Å². The van der Waals surface area contributed by atoms with E-state index >= 15 is 0 Å². The van der Waals surface area contributed by atoms with E-state index in [4.69, 9.17) is 26.3 Å². The summed E-state index contributed by atoms with van der Waals surface area (Å²) in [6.45, 7) is 1.87. The molecule has 22 heavy (non-hydrogen) atoms. The minimum Gasteiger partial charge on any atom is -0.497 e. The van der Waals surface area contributed by atoms with Crippen LogP contribution in [0.1, 0.15) is 5.56 Å². The van der Waals surface area contributed by atoms with Gasteiger partial charge in [-0.2, -0.15) is 4.74 Å². The Morgan fingerprint density at radius 1 is 1.05 bits per heavy atom. The van der Waals surface area contributed by atoms with Crippen LogP contribution in [0.2, 0.25) is 5.02 Å². The third kappa shape index (κ3) is 2.53. The van der Waals surface area contributed by atoms with Gasteiger partial charge in [0.05, 0.1) is 18.5 Å². The monoisotopic (exact) mass is 314 g/mol. The maximum atomic E-state index is 7.96. The molecule has 3 aromatic rings. The molecule has 0 spiro atoms. The number of ether oxygens (including phenoxy) is 1. The summed E-state index contributed by atoms with van der Waals surface area (Å²) in [6, 6.07) is 15.0. The fourth-order valence-electron chi connectivity index (χ4n) is 2.31. The fourth-order valence-corrected chi connectivity index (χ4v) is 2.43. The van der Waals surface area contributed by atoms with Crippen LogP contribution < -0.4 is 10.3 Å². The molecule has 0 aliphatic rings. The van der Waals surface area contributed by atoms with Crippen molar-refractivity contribution in [1.82, 2.24) is 4.74 Å². The first-order valence-electron chi connectivity index (χ1n) is 6.78. The first-order chi connectivity index (χ1) is 10.6. The van der Waals surface area contributed by atoms with Crippen LogP contribution in [0.5, 0.6) is 5.75 Å². The van der Waals surface area contributed by atoms with E-state index in [0.29, 0.717) is 5.02 Å². The molecular formula is C17H15ClN2O2. The highest BCUT2D eigenvalue weighted by Crippen LogP contribution is 2.27.